The molecule has 0 spiro atoms. The van der Waals surface area contributed by atoms with E-state index in [9.17, 15) is 14.4 Å². The second-order valence-electron chi connectivity index (χ2n) is 6.64. The minimum atomic E-state index is -0.502. The Morgan fingerprint density at radius 2 is 1.18 bits per heavy atom. The average Bonchev–Trinajstić information content (AvgIpc) is 2.66. The molecular weight excluding hydrogens is 360 g/mol. The van der Waals surface area contributed by atoms with Gasteiger partial charge in [-0.25, -0.2) is 0 Å². The van der Waals surface area contributed by atoms with Crippen molar-refractivity contribution in [3.8, 4) is 11.5 Å². The van der Waals surface area contributed by atoms with Crippen LogP contribution in [0.5, 0.6) is 11.5 Å². The molecule has 6 nitrogen and oxygen atoms in total. The lowest BCUT2D eigenvalue weighted by molar-refractivity contribution is -0.141. The van der Waals surface area contributed by atoms with Crippen molar-refractivity contribution in [1.82, 2.24) is 0 Å². The van der Waals surface area contributed by atoms with Crippen molar-refractivity contribution < 1.29 is 28.6 Å². The molecule has 0 heterocycles. The molecule has 0 aliphatic heterocycles. The number of rotatable bonds is 7. The summed E-state index contributed by atoms with van der Waals surface area (Å²) >= 11 is 0. The summed E-state index contributed by atoms with van der Waals surface area (Å²) < 4.78 is 15.0. The molecule has 148 valence electrons. The number of hydrogen-bond donors (Lipinski definition) is 0. The molecule has 0 aromatic heterocycles. The maximum atomic E-state index is 11.7. The van der Waals surface area contributed by atoms with Crippen LogP contribution in [-0.2, 0) is 24.5 Å². The maximum absolute atomic E-state index is 11.7. The second kappa shape index (κ2) is 9.17. The lowest BCUT2D eigenvalue weighted by Crippen LogP contribution is -2.25. The monoisotopic (exact) mass is 384 g/mol. The summed E-state index contributed by atoms with van der Waals surface area (Å²) in [5.41, 5.74) is 1.40. The standard InChI is InChI=1S/C22H24O6/c1-15(23)27-19-9-5-17(6-10-19)22(3,14-13-21(25)26-4)18-7-11-20(12-8-18)28-16(2)24/h5-12H,13-14H2,1-4H3. The van der Waals surface area contributed by atoms with Gasteiger partial charge in [-0.2, -0.15) is 0 Å². The fourth-order valence-corrected chi connectivity index (χ4v) is 3.02. The second-order valence-corrected chi connectivity index (χ2v) is 6.64. The van der Waals surface area contributed by atoms with E-state index in [1.165, 1.54) is 21.0 Å². The number of hydrogen-bond acceptors (Lipinski definition) is 6. The molecule has 28 heavy (non-hydrogen) atoms. The fourth-order valence-electron chi connectivity index (χ4n) is 3.02. The van der Waals surface area contributed by atoms with Gasteiger partial charge in [-0.15, -0.1) is 0 Å². The van der Waals surface area contributed by atoms with Crippen molar-refractivity contribution >= 4 is 17.9 Å². The predicted molar refractivity (Wildman–Crippen MR) is 103 cm³/mol. The smallest absolute Gasteiger partial charge is 0.308 e. The van der Waals surface area contributed by atoms with E-state index in [4.69, 9.17) is 14.2 Å². The summed E-state index contributed by atoms with van der Waals surface area (Å²) in [6, 6.07) is 14.4. The van der Waals surface area contributed by atoms with Crippen LogP contribution < -0.4 is 9.47 Å². The highest BCUT2D eigenvalue weighted by Crippen LogP contribution is 2.38. The molecule has 0 saturated heterocycles. The van der Waals surface area contributed by atoms with Crippen LogP contribution in [0, 0.1) is 0 Å². The first-order valence-corrected chi connectivity index (χ1v) is 8.89. The minimum Gasteiger partial charge on any atom is -0.469 e. The van der Waals surface area contributed by atoms with Gasteiger partial charge in [-0.3, -0.25) is 14.4 Å². The van der Waals surface area contributed by atoms with Gasteiger partial charge in [-0.1, -0.05) is 31.2 Å². The van der Waals surface area contributed by atoms with Crippen LogP contribution in [0.4, 0.5) is 0 Å². The van der Waals surface area contributed by atoms with Gasteiger partial charge < -0.3 is 14.2 Å². The maximum Gasteiger partial charge on any atom is 0.308 e. The average molecular weight is 384 g/mol. The molecule has 0 unspecified atom stereocenters. The highest BCUT2D eigenvalue weighted by Gasteiger charge is 2.30. The number of carbonyl (C=O) groups is 3. The van der Waals surface area contributed by atoms with Crippen molar-refractivity contribution in [3.63, 3.8) is 0 Å². The SMILES string of the molecule is COC(=O)CCC(C)(c1ccc(OC(C)=O)cc1)c1ccc(OC(C)=O)cc1. The van der Waals surface area contributed by atoms with Gasteiger partial charge in [-0.05, 0) is 41.8 Å². The molecule has 2 aromatic rings. The van der Waals surface area contributed by atoms with E-state index in [1.54, 1.807) is 24.3 Å². The zero-order chi connectivity index (χ0) is 20.7. The van der Waals surface area contributed by atoms with Crippen molar-refractivity contribution in [2.45, 2.75) is 39.0 Å². The van der Waals surface area contributed by atoms with Gasteiger partial charge in [0, 0.05) is 25.7 Å². The Kier molecular flexibility index (Phi) is 6.93. The Bertz CT molecular complexity index is 777. The minimum absolute atomic E-state index is 0.240. The zero-order valence-electron chi connectivity index (χ0n) is 16.5. The number of ether oxygens (including phenoxy) is 3. The van der Waals surface area contributed by atoms with Gasteiger partial charge in [0.15, 0.2) is 0 Å². The largest absolute Gasteiger partial charge is 0.469 e. The van der Waals surface area contributed by atoms with E-state index in [1.807, 2.05) is 31.2 Å². The Morgan fingerprint density at radius 3 is 1.50 bits per heavy atom. The molecule has 0 aliphatic carbocycles. The van der Waals surface area contributed by atoms with Gasteiger partial charge in [0.2, 0.25) is 0 Å². The Labute approximate surface area is 164 Å². The van der Waals surface area contributed by atoms with Crippen LogP contribution in [0.3, 0.4) is 0 Å². The van der Waals surface area contributed by atoms with Crippen LogP contribution in [-0.4, -0.2) is 25.0 Å². The summed E-state index contributed by atoms with van der Waals surface area (Å²) in [4.78, 5) is 34.0. The van der Waals surface area contributed by atoms with E-state index in [2.05, 4.69) is 0 Å². The van der Waals surface area contributed by atoms with Crippen molar-refractivity contribution in [2.75, 3.05) is 7.11 Å². The molecule has 2 aromatic carbocycles. The molecule has 6 heteroatoms. The quantitative estimate of drug-likeness (QED) is 0.534. The van der Waals surface area contributed by atoms with Crippen LogP contribution in [0.25, 0.3) is 0 Å². The summed E-state index contributed by atoms with van der Waals surface area (Å²) in [5, 5.41) is 0. The molecule has 0 saturated carbocycles. The molecule has 0 atom stereocenters. The van der Waals surface area contributed by atoms with Crippen LogP contribution in [0.15, 0.2) is 48.5 Å². The van der Waals surface area contributed by atoms with E-state index < -0.39 is 5.41 Å². The highest BCUT2D eigenvalue weighted by molar-refractivity contribution is 5.70. The summed E-state index contributed by atoms with van der Waals surface area (Å²) in [6.45, 7) is 4.72. The third kappa shape index (κ3) is 5.42. The van der Waals surface area contributed by atoms with Crippen molar-refractivity contribution in [3.05, 3.63) is 59.7 Å². The van der Waals surface area contributed by atoms with Gasteiger partial charge in [0.25, 0.3) is 0 Å². The molecular formula is C22H24O6. The summed E-state index contributed by atoms with van der Waals surface area (Å²) in [7, 11) is 1.36. The van der Waals surface area contributed by atoms with E-state index >= 15 is 0 Å². The molecule has 0 radical (unpaired) electrons. The fraction of sp³-hybridized carbons (Fsp3) is 0.318. The van der Waals surface area contributed by atoms with E-state index in [0.717, 1.165) is 11.1 Å². The molecule has 2 rings (SSSR count). The summed E-state index contributed by atoms with van der Waals surface area (Å²) in [5.74, 6) is -0.155. The molecule has 0 N–H and O–H groups in total. The molecule has 0 bridgehead atoms. The normalized spacial score (nSPS) is 10.9. The lowest BCUT2D eigenvalue weighted by Gasteiger charge is -2.31. The highest BCUT2D eigenvalue weighted by atomic mass is 16.5. The molecule has 0 amide bonds. The number of benzene rings is 2. The molecule has 0 aliphatic rings. The Hall–Kier alpha value is -3.15. The third-order valence-corrected chi connectivity index (χ3v) is 4.56. The zero-order valence-corrected chi connectivity index (χ0v) is 16.5. The first kappa shape index (κ1) is 21.2. The van der Waals surface area contributed by atoms with Crippen LogP contribution in [0.2, 0.25) is 0 Å². The number of carbonyl (C=O) groups excluding carboxylic acids is 3. The number of esters is 3. The first-order chi connectivity index (χ1) is 13.2. The van der Waals surface area contributed by atoms with Crippen molar-refractivity contribution in [1.29, 1.82) is 0 Å². The van der Waals surface area contributed by atoms with Crippen LogP contribution in [0.1, 0.15) is 44.7 Å². The topological polar surface area (TPSA) is 78.9 Å². The Balaban J connectivity index is 2.37. The Morgan fingerprint density at radius 1 is 0.786 bits per heavy atom. The predicted octanol–water partition coefficient (Wildman–Crippen LogP) is 3.80. The van der Waals surface area contributed by atoms with E-state index in [0.29, 0.717) is 17.9 Å². The molecule has 0 fully saturated rings. The number of methoxy groups -OCH3 is 1. The van der Waals surface area contributed by atoms with E-state index in [-0.39, 0.29) is 24.3 Å². The van der Waals surface area contributed by atoms with Crippen LogP contribution >= 0.6 is 0 Å². The summed E-state index contributed by atoms with van der Waals surface area (Å²) in [6.07, 6.45) is 0.754. The van der Waals surface area contributed by atoms with Gasteiger partial charge >= 0.3 is 17.9 Å². The lowest BCUT2D eigenvalue weighted by atomic mass is 9.73. The van der Waals surface area contributed by atoms with Gasteiger partial charge in [0.1, 0.15) is 11.5 Å². The third-order valence-electron chi connectivity index (χ3n) is 4.56. The van der Waals surface area contributed by atoms with Crippen molar-refractivity contribution in [2.24, 2.45) is 0 Å². The van der Waals surface area contributed by atoms with Gasteiger partial charge in [0.05, 0.1) is 7.11 Å². The first-order valence-electron chi connectivity index (χ1n) is 8.89.